The van der Waals surface area contributed by atoms with Crippen molar-refractivity contribution in [3.05, 3.63) is 0 Å². The average molecular weight is 550 g/mol. The highest BCUT2D eigenvalue weighted by Crippen LogP contribution is 2.32. The number of carbonyl (C=O) groups excluding carboxylic acids is 4. The van der Waals surface area contributed by atoms with Crippen LogP contribution in [0.4, 0.5) is 4.79 Å². The van der Waals surface area contributed by atoms with Gasteiger partial charge in [0.25, 0.3) is 5.91 Å². The zero-order valence-electron chi connectivity index (χ0n) is 25.1. The molecule has 0 aromatic rings. The van der Waals surface area contributed by atoms with Crippen LogP contribution in [0.5, 0.6) is 0 Å². The molecular weight excluding hydrogens is 498 g/mol. The third kappa shape index (κ3) is 9.74. The summed E-state index contributed by atoms with van der Waals surface area (Å²) in [5, 5.41) is 11.9. The number of nitrogens with one attached hydrogen (secondary N) is 4. The third-order valence-electron chi connectivity index (χ3n) is 7.55. The zero-order valence-corrected chi connectivity index (χ0v) is 25.1. The number of hydrogen-bond donors (Lipinski definition) is 4. The summed E-state index contributed by atoms with van der Waals surface area (Å²) in [6.07, 6.45) is 7.44. The summed E-state index contributed by atoms with van der Waals surface area (Å²) < 4.78 is 5.87. The minimum absolute atomic E-state index is 0.103. The van der Waals surface area contributed by atoms with Crippen molar-refractivity contribution in [3.8, 4) is 0 Å². The molecule has 0 spiro atoms. The minimum Gasteiger partial charge on any atom is -0.352 e. The van der Waals surface area contributed by atoms with Gasteiger partial charge in [0.15, 0.2) is 5.72 Å². The monoisotopic (exact) mass is 549 g/mol. The molecule has 1 unspecified atom stereocenters. The quantitative estimate of drug-likeness (QED) is 0.206. The summed E-state index contributed by atoms with van der Waals surface area (Å²) in [6.45, 7) is 14.6. The smallest absolute Gasteiger partial charge is 0.315 e. The number of epoxide rings is 1. The number of ether oxygens (including phenoxy) is 1. The minimum atomic E-state index is -0.889. The average Bonchev–Trinajstić information content (AvgIpc) is 3.73. The molecule has 3 fully saturated rings. The lowest BCUT2D eigenvalue weighted by Gasteiger charge is -2.38. The standard InChI is InChI=1S/C29H51N5O5/c1-8-11-21(22(35)24(36)30-20-14-15-20)32-29(18-39-29)17-34(16-19-12-9-10-13-19)25(37)23(27(2,3)4)31-26(38)33-28(5,6)7/h19-21,23,32H,8-18H2,1-7H3,(H,30,36)(H2,31,33,38)/t21-,23+,29?/m0/s1. The summed E-state index contributed by atoms with van der Waals surface area (Å²) >= 11 is 0. The van der Waals surface area contributed by atoms with Gasteiger partial charge in [-0.05, 0) is 64.2 Å². The first-order valence-electron chi connectivity index (χ1n) is 14.8. The number of rotatable bonds is 13. The van der Waals surface area contributed by atoms with Crippen molar-refractivity contribution in [1.29, 1.82) is 0 Å². The van der Waals surface area contributed by atoms with Gasteiger partial charge in [0, 0.05) is 18.1 Å². The predicted octanol–water partition coefficient (Wildman–Crippen LogP) is 2.85. The zero-order chi connectivity index (χ0) is 29.0. The van der Waals surface area contributed by atoms with Crippen LogP contribution in [0.25, 0.3) is 0 Å². The van der Waals surface area contributed by atoms with Crippen molar-refractivity contribution < 1.29 is 23.9 Å². The van der Waals surface area contributed by atoms with E-state index in [9.17, 15) is 19.2 Å². The lowest BCUT2D eigenvalue weighted by molar-refractivity contribution is -0.140. The third-order valence-corrected chi connectivity index (χ3v) is 7.55. The van der Waals surface area contributed by atoms with E-state index in [-0.39, 0.29) is 24.5 Å². The summed E-state index contributed by atoms with van der Waals surface area (Å²) in [5.74, 6) is -0.827. The Bertz CT molecular complexity index is 895. The van der Waals surface area contributed by atoms with Gasteiger partial charge in [-0.25, -0.2) is 4.79 Å². The summed E-state index contributed by atoms with van der Waals surface area (Å²) in [4.78, 5) is 54.3. The maximum atomic E-state index is 14.1. The Morgan fingerprint density at radius 1 is 1.00 bits per heavy atom. The van der Waals surface area contributed by atoms with E-state index in [0.717, 1.165) is 44.9 Å². The van der Waals surface area contributed by atoms with Gasteiger partial charge in [-0.3, -0.25) is 19.7 Å². The molecule has 10 heteroatoms. The second-order valence-electron chi connectivity index (χ2n) is 13.9. The molecule has 1 aliphatic heterocycles. The number of carbonyl (C=O) groups is 4. The molecule has 4 amide bonds. The molecule has 2 aliphatic carbocycles. The van der Waals surface area contributed by atoms with Crippen molar-refractivity contribution >= 4 is 23.6 Å². The molecular formula is C29H51N5O5. The number of nitrogens with zero attached hydrogens (tertiary/aromatic N) is 1. The van der Waals surface area contributed by atoms with E-state index in [1.54, 1.807) is 4.90 Å². The fourth-order valence-electron chi connectivity index (χ4n) is 5.21. The highest BCUT2D eigenvalue weighted by Gasteiger charge is 2.51. The molecule has 0 radical (unpaired) electrons. The van der Waals surface area contributed by atoms with Crippen LogP contribution in [0.3, 0.4) is 0 Å². The van der Waals surface area contributed by atoms with Crippen LogP contribution in [0.2, 0.25) is 0 Å². The lowest BCUT2D eigenvalue weighted by Crippen LogP contribution is -2.61. The molecule has 222 valence electrons. The van der Waals surface area contributed by atoms with Gasteiger partial charge in [0.1, 0.15) is 6.04 Å². The molecule has 1 saturated heterocycles. The topological polar surface area (TPSA) is 132 Å². The predicted molar refractivity (Wildman–Crippen MR) is 150 cm³/mol. The second kappa shape index (κ2) is 12.5. The fourth-order valence-corrected chi connectivity index (χ4v) is 5.21. The molecule has 0 bridgehead atoms. The van der Waals surface area contributed by atoms with Crippen LogP contribution in [-0.4, -0.2) is 77.6 Å². The van der Waals surface area contributed by atoms with Crippen molar-refractivity contribution in [1.82, 2.24) is 26.2 Å². The van der Waals surface area contributed by atoms with Gasteiger partial charge in [0.2, 0.25) is 11.7 Å². The van der Waals surface area contributed by atoms with Crippen LogP contribution in [0, 0.1) is 11.3 Å². The molecule has 10 nitrogen and oxygen atoms in total. The van der Waals surface area contributed by atoms with Gasteiger partial charge < -0.3 is 25.6 Å². The number of ketones is 1. The Kier molecular flexibility index (Phi) is 10.1. The first kappa shape index (κ1) is 31.3. The first-order chi connectivity index (χ1) is 18.1. The van der Waals surface area contributed by atoms with E-state index < -0.39 is 40.5 Å². The molecule has 39 heavy (non-hydrogen) atoms. The highest BCUT2D eigenvalue weighted by molar-refractivity contribution is 6.38. The molecule has 3 aliphatic rings. The first-order valence-corrected chi connectivity index (χ1v) is 14.8. The molecule has 3 atom stereocenters. The van der Waals surface area contributed by atoms with Crippen molar-refractivity contribution in [3.63, 3.8) is 0 Å². The summed E-state index contributed by atoms with van der Waals surface area (Å²) in [5.41, 5.74) is -1.87. The number of Topliss-reactive ketones (excluding diaryl/α,β-unsaturated/α-hetero) is 1. The van der Waals surface area contributed by atoms with Gasteiger partial charge >= 0.3 is 6.03 Å². The SMILES string of the molecule is CCC[C@H](NC1(CN(CC2CCCC2)C(=O)[C@@H](NC(=O)NC(C)(C)C)C(C)(C)C)CO1)C(=O)C(=O)NC1CC1. The van der Waals surface area contributed by atoms with E-state index in [0.29, 0.717) is 25.5 Å². The van der Waals surface area contributed by atoms with E-state index in [1.165, 1.54) is 0 Å². The Labute approximate surface area is 234 Å². The van der Waals surface area contributed by atoms with Gasteiger partial charge in [-0.15, -0.1) is 0 Å². The Hall–Kier alpha value is -2.20. The Morgan fingerprint density at radius 2 is 1.62 bits per heavy atom. The molecule has 4 N–H and O–H groups in total. The van der Waals surface area contributed by atoms with E-state index in [4.69, 9.17) is 4.74 Å². The normalized spacial score (nSPS) is 23.1. The fraction of sp³-hybridized carbons (Fsp3) is 0.862. The molecule has 1 heterocycles. The van der Waals surface area contributed by atoms with Gasteiger partial charge in [-0.2, -0.15) is 0 Å². The van der Waals surface area contributed by atoms with Crippen LogP contribution in [0.15, 0.2) is 0 Å². The summed E-state index contributed by atoms with van der Waals surface area (Å²) in [7, 11) is 0. The van der Waals surface area contributed by atoms with Crippen molar-refractivity contribution in [2.75, 3.05) is 19.7 Å². The maximum absolute atomic E-state index is 14.1. The molecule has 0 aromatic carbocycles. The number of hydrogen-bond acceptors (Lipinski definition) is 6. The molecule has 2 saturated carbocycles. The van der Waals surface area contributed by atoms with E-state index in [2.05, 4.69) is 21.3 Å². The molecule has 3 rings (SSSR count). The van der Waals surface area contributed by atoms with Crippen LogP contribution < -0.4 is 21.3 Å². The van der Waals surface area contributed by atoms with Crippen LogP contribution >= 0.6 is 0 Å². The number of amides is 4. The van der Waals surface area contributed by atoms with Crippen molar-refractivity contribution in [2.45, 2.75) is 129 Å². The largest absolute Gasteiger partial charge is 0.352 e. The van der Waals surface area contributed by atoms with Gasteiger partial charge in [0.05, 0.1) is 19.2 Å². The number of urea groups is 1. The van der Waals surface area contributed by atoms with E-state index >= 15 is 0 Å². The van der Waals surface area contributed by atoms with Crippen LogP contribution in [0.1, 0.15) is 99.8 Å². The van der Waals surface area contributed by atoms with Crippen molar-refractivity contribution in [2.24, 2.45) is 11.3 Å². The van der Waals surface area contributed by atoms with E-state index in [1.807, 2.05) is 48.5 Å². The Morgan fingerprint density at radius 3 is 2.10 bits per heavy atom. The maximum Gasteiger partial charge on any atom is 0.315 e. The molecule has 0 aromatic heterocycles. The lowest BCUT2D eigenvalue weighted by atomic mass is 9.85. The second-order valence-corrected chi connectivity index (χ2v) is 13.9. The van der Waals surface area contributed by atoms with Gasteiger partial charge in [-0.1, -0.05) is 47.0 Å². The highest BCUT2D eigenvalue weighted by atomic mass is 16.6. The summed E-state index contributed by atoms with van der Waals surface area (Å²) in [6, 6.07) is -1.72. The van der Waals surface area contributed by atoms with Crippen LogP contribution in [-0.2, 0) is 19.1 Å². The Balaban J connectivity index is 1.77.